The summed E-state index contributed by atoms with van der Waals surface area (Å²) in [6.07, 6.45) is 5.78. The van der Waals surface area contributed by atoms with Crippen molar-refractivity contribution in [3.63, 3.8) is 0 Å². The van der Waals surface area contributed by atoms with Crippen LogP contribution >= 0.6 is 0 Å². The number of rotatable bonds is 6. The Hall–Kier alpha value is -2.01. The van der Waals surface area contributed by atoms with Gasteiger partial charge in [-0.2, -0.15) is 0 Å². The monoisotopic (exact) mass is 289 g/mol. The van der Waals surface area contributed by atoms with E-state index >= 15 is 0 Å². The van der Waals surface area contributed by atoms with Crippen LogP contribution in [0.5, 0.6) is 11.5 Å². The van der Waals surface area contributed by atoms with Crippen LogP contribution in [0.4, 0.5) is 0 Å². The normalized spacial score (nSPS) is 18.0. The summed E-state index contributed by atoms with van der Waals surface area (Å²) in [4.78, 5) is 11.7. The number of carbonyl (C=O) groups is 1. The summed E-state index contributed by atoms with van der Waals surface area (Å²) in [5.41, 5.74) is 0.882. The fourth-order valence-electron chi connectivity index (χ4n) is 2.31. The first kappa shape index (κ1) is 13.9. The van der Waals surface area contributed by atoms with Crippen molar-refractivity contribution in [2.75, 3.05) is 13.3 Å². The summed E-state index contributed by atoms with van der Waals surface area (Å²) in [6.45, 7) is 0.744. The fraction of sp³-hybridized carbons (Fsp3) is 0.438. The van der Waals surface area contributed by atoms with Crippen molar-refractivity contribution in [2.45, 2.75) is 25.4 Å². The van der Waals surface area contributed by atoms with E-state index in [4.69, 9.17) is 9.47 Å². The Labute approximate surface area is 123 Å². The van der Waals surface area contributed by atoms with Gasteiger partial charge in [0.2, 0.25) is 12.7 Å². The highest BCUT2D eigenvalue weighted by Crippen LogP contribution is 2.34. The number of carbonyl (C=O) groups excluding carboxylic acids is 1. The van der Waals surface area contributed by atoms with Crippen LogP contribution in [0.3, 0.4) is 0 Å². The topological polar surface area (TPSA) is 67.8 Å². The third kappa shape index (κ3) is 3.76. The zero-order valence-electron chi connectivity index (χ0n) is 11.7. The van der Waals surface area contributed by atoms with Crippen molar-refractivity contribution in [1.82, 2.24) is 5.32 Å². The molecule has 1 unspecified atom stereocenters. The molecule has 21 heavy (non-hydrogen) atoms. The summed E-state index contributed by atoms with van der Waals surface area (Å²) < 4.78 is 10.5. The molecule has 1 aliphatic heterocycles. The van der Waals surface area contributed by atoms with Gasteiger partial charge in [-0.25, -0.2) is 0 Å². The quantitative estimate of drug-likeness (QED) is 0.782. The molecule has 2 aliphatic rings. The van der Waals surface area contributed by atoms with Gasteiger partial charge in [-0.3, -0.25) is 4.79 Å². The summed E-state index contributed by atoms with van der Waals surface area (Å²) in [5, 5.41) is 12.5. The molecule has 1 saturated carbocycles. The van der Waals surface area contributed by atoms with Crippen molar-refractivity contribution in [2.24, 2.45) is 5.92 Å². The van der Waals surface area contributed by atoms with E-state index in [1.807, 2.05) is 18.2 Å². The van der Waals surface area contributed by atoms with E-state index in [0.717, 1.165) is 24.2 Å². The number of amides is 1. The Kier molecular flexibility index (Phi) is 4.10. The first-order chi connectivity index (χ1) is 10.2. The van der Waals surface area contributed by atoms with Crippen molar-refractivity contribution in [1.29, 1.82) is 0 Å². The van der Waals surface area contributed by atoms with Crippen molar-refractivity contribution in [3.05, 3.63) is 29.8 Å². The molecule has 1 heterocycles. The highest BCUT2D eigenvalue weighted by atomic mass is 16.7. The number of hydrogen-bond acceptors (Lipinski definition) is 4. The molecule has 0 bridgehead atoms. The SMILES string of the molecule is O=C(C=Cc1ccc2c(c1)OCO2)NCCC(O)C1CC1. The van der Waals surface area contributed by atoms with Crippen LogP contribution in [0.25, 0.3) is 6.08 Å². The van der Waals surface area contributed by atoms with E-state index in [1.165, 1.54) is 6.08 Å². The van der Waals surface area contributed by atoms with Crippen molar-refractivity contribution < 1.29 is 19.4 Å². The smallest absolute Gasteiger partial charge is 0.244 e. The lowest BCUT2D eigenvalue weighted by Crippen LogP contribution is -2.26. The molecule has 1 atom stereocenters. The molecule has 1 aromatic rings. The van der Waals surface area contributed by atoms with E-state index in [1.54, 1.807) is 6.08 Å². The van der Waals surface area contributed by atoms with Gasteiger partial charge in [0.25, 0.3) is 0 Å². The molecule has 2 N–H and O–H groups in total. The van der Waals surface area contributed by atoms with E-state index in [9.17, 15) is 9.90 Å². The molecule has 5 nitrogen and oxygen atoms in total. The van der Waals surface area contributed by atoms with Crippen LogP contribution in [0.15, 0.2) is 24.3 Å². The van der Waals surface area contributed by atoms with Crippen LogP contribution in [0, 0.1) is 5.92 Å². The minimum Gasteiger partial charge on any atom is -0.454 e. The fourth-order valence-corrected chi connectivity index (χ4v) is 2.31. The maximum Gasteiger partial charge on any atom is 0.244 e. The highest BCUT2D eigenvalue weighted by Gasteiger charge is 2.29. The number of aliphatic hydroxyl groups excluding tert-OH is 1. The molecule has 1 aromatic carbocycles. The maximum atomic E-state index is 11.7. The summed E-state index contributed by atoms with van der Waals surface area (Å²) in [5.74, 6) is 1.72. The number of aliphatic hydroxyl groups is 1. The van der Waals surface area contributed by atoms with Gasteiger partial charge in [0.15, 0.2) is 11.5 Å². The number of fused-ring (bicyclic) bond motifs is 1. The van der Waals surface area contributed by atoms with Crippen molar-refractivity contribution >= 4 is 12.0 Å². The van der Waals surface area contributed by atoms with Crippen LogP contribution in [-0.2, 0) is 4.79 Å². The Morgan fingerprint density at radius 2 is 2.19 bits per heavy atom. The van der Waals surface area contributed by atoms with Gasteiger partial charge in [-0.1, -0.05) is 6.07 Å². The zero-order valence-corrected chi connectivity index (χ0v) is 11.7. The summed E-state index contributed by atoms with van der Waals surface area (Å²) in [7, 11) is 0. The first-order valence-corrected chi connectivity index (χ1v) is 7.26. The zero-order chi connectivity index (χ0) is 14.7. The minimum atomic E-state index is -0.275. The Morgan fingerprint density at radius 3 is 3.00 bits per heavy atom. The molecule has 0 saturated heterocycles. The standard InChI is InChI=1S/C16H19NO4/c18-13(12-3-4-12)7-8-17-16(19)6-2-11-1-5-14-15(9-11)21-10-20-14/h1-2,5-6,9,12-13,18H,3-4,7-8,10H2,(H,17,19). The average Bonchev–Trinajstić information content (AvgIpc) is 3.23. The molecular weight excluding hydrogens is 270 g/mol. The molecule has 0 spiro atoms. The maximum absolute atomic E-state index is 11.7. The van der Waals surface area contributed by atoms with E-state index in [0.29, 0.717) is 24.6 Å². The van der Waals surface area contributed by atoms with Crippen LogP contribution in [-0.4, -0.2) is 30.5 Å². The second-order valence-corrected chi connectivity index (χ2v) is 5.43. The lowest BCUT2D eigenvalue weighted by molar-refractivity contribution is -0.116. The largest absolute Gasteiger partial charge is 0.454 e. The third-order valence-corrected chi connectivity index (χ3v) is 3.73. The van der Waals surface area contributed by atoms with Gasteiger partial charge in [-0.15, -0.1) is 0 Å². The van der Waals surface area contributed by atoms with E-state index < -0.39 is 0 Å². The Morgan fingerprint density at radius 1 is 1.38 bits per heavy atom. The highest BCUT2D eigenvalue weighted by molar-refractivity contribution is 5.91. The van der Waals surface area contributed by atoms with Crippen LogP contribution < -0.4 is 14.8 Å². The molecule has 1 aliphatic carbocycles. The van der Waals surface area contributed by atoms with E-state index in [2.05, 4.69) is 5.32 Å². The molecule has 112 valence electrons. The number of benzene rings is 1. The third-order valence-electron chi connectivity index (χ3n) is 3.73. The molecule has 1 fully saturated rings. The van der Waals surface area contributed by atoms with Gasteiger partial charge < -0.3 is 19.9 Å². The number of ether oxygens (including phenoxy) is 2. The lowest BCUT2D eigenvalue weighted by atomic mass is 10.1. The summed E-state index contributed by atoms with van der Waals surface area (Å²) >= 11 is 0. The lowest BCUT2D eigenvalue weighted by Gasteiger charge is -2.08. The second-order valence-electron chi connectivity index (χ2n) is 5.43. The Balaban J connectivity index is 1.45. The molecule has 0 radical (unpaired) electrons. The predicted octanol–water partition coefficient (Wildman–Crippen LogP) is 1.71. The number of nitrogens with one attached hydrogen (secondary N) is 1. The molecule has 0 aromatic heterocycles. The van der Waals surface area contributed by atoms with Gasteiger partial charge in [-0.05, 0) is 49.0 Å². The van der Waals surface area contributed by atoms with Crippen LogP contribution in [0.1, 0.15) is 24.8 Å². The molecule has 3 rings (SSSR count). The Bertz CT molecular complexity index is 551. The molecule has 5 heteroatoms. The van der Waals surface area contributed by atoms with Gasteiger partial charge in [0, 0.05) is 12.6 Å². The molecule has 1 amide bonds. The van der Waals surface area contributed by atoms with Gasteiger partial charge >= 0.3 is 0 Å². The second kappa shape index (κ2) is 6.18. The summed E-state index contributed by atoms with van der Waals surface area (Å²) in [6, 6.07) is 5.53. The van der Waals surface area contributed by atoms with E-state index in [-0.39, 0.29) is 18.8 Å². The first-order valence-electron chi connectivity index (χ1n) is 7.26. The van der Waals surface area contributed by atoms with Crippen molar-refractivity contribution in [3.8, 4) is 11.5 Å². The molecular formula is C16H19NO4. The minimum absolute atomic E-state index is 0.157. The van der Waals surface area contributed by atoms with Crippen LogP contribution in [0.2, 0.25) is 0 Å². The average molecular weight is 289 g/mol. The van der Waals surface area contributed by atoms with Gasteiger partial charge in [0.05, 0.1) is 6.10 Å². The van der Waals surface area contributed by atoms with Gasteiger partial charge in [0.1, 0.15) is 0 Å². The predicted molar refractivity (Wildman–Crippen MR) is 78.0 cm³/mol. The number of hydrogen-bond donors (Lipinski definition) is 2.